The predicted molar refractivity (Wildman–Crippen MR) is 403 cm³/mol. The van der Waals surface area contributed by atoms with Crippen molar-refractivity contribution in [2.75, 3.05) is 203 Å². The van der Waals surface area contributed by atoms with Crippen LogP contribution in [0.15, 0.2) is 79.4 Å². The molecule has 6 N–H and O–H groups in total. The van der Waals surface area contributed by atoms with Gasteiger partial charge in [0, 0.05) is 90.8 Å². The molecular formula is C74H103F2N11O21S2. The van der Waals surface area contributed by atoms with Crippen molar-refractivity contribution in [2.24, 2.45) is 0 Å². The Morgan fingerprint density at radius 3 is 1.72 bits per heavy atom. The molecule has 5 aromatic rings. The van der Waals surface area contributed by atoms with Gasteiger partial charge in [-0.3, -0.25) is 38.9 Å². The third kappa shape index (κ3) is 36.8. The molecule has 0 saturated carbocycles. The van der Waals surface area contributed by atoms with Gasteiger partial charge in [-0.2, -0.15) is 5.26 Å². The van der Waals surface area contributed by atoms with Crippen molar-refractivity contribution in [3.8, 4) is 34.2 Å². The topological polar surface area (TPSA) is 394 Å². The highest BCUT2D eigenvalue weighted by Gasteiger charge is 2.48. The van der Waals surface area contributed by atoms with Gasteiger partial charge in [-0.25, -0.2) is 18.6 Å². The van der Waals surface area contributed by atoms with E-state index in [1.54, 1.807) is 36.8 Å². The number of anilines is 1. The number of likely N-dealkylation sites (tertiary alicyclic amines) is 1. The molecule has 32 nitrogen and oxygen atoms in total. The second-order valence-corrected chi connectivity index (χ2v) is 26.9. The number of amides is 5. The highest BCUT2D eigenvalue weighted by molar-refractivity contribution is 8.76. The summed E-state index contributed by atoms with van der Waals surface area (Å²) in [4.78, 5) is 96.7. The fraction of sp³-hybridized carbons (Fsp3) is 0.581. The molecule has 3 atom stereocenters. The quantitative estimate of drug-likeness (QED) is 0.0170. The van der Waals surface area contributed by atoms with Gasteiger partial charge in [0.15, 0.2) is 0 Å². The maximum Gasteiger partial charge on any atom is 0.508 e. The van der Waals surface area contributed by atoms with Gasteiger partial charge >= 0.3 is 6.16 Å². The standard InChI is InChI=1S/C74H103F2N11O21S2/c1-4-5-17-95-19-21-97-23-25-99-27-29-101-31-33-103-35-37-105-39-40-106-38-36-104-34-32-102-30-28-100-26-24-98-22-20-96-18-16-81-70(91)66(86-68(89)11-10-67(88)83-50-60-43-56(12-14-79-60)69(90)85-54(2)72(92)87-53-74(75,76)46-61(87)47-77)52-110-109-42-41-107-73(93)108-51-59-8-6-57(48-82-59)62-13-15-80-65-9-7-55(44-63(62)65)58-45-64(78)71(94-3)84-49-58/h6-9,12-15,43-45,48-49,54,61,66H,4-5,10-11,16-42,46,50-53,78H2,1-3H3,(H,81,91)(H,83,88)(H,85,90)(H,86,89)/t54?,61-,66?/m0/s1. The average molecular weight is 1580 g/mol. The third-order valence-electron chi connectivity index (χ3n) is 15.8. The molecule has 1 aliphatic heterocycles. The van der Waals surface area contributed by atoms with Crippen LogP contribution in [-0.4, -0.2) is 281 Å². The summed E-state index contributed by atoms with van der Waals surface area (Å²) >= 11 is 0. The number of benzene rings is 1. The van der Waals surface area contributed by atoms with Gasteiger partial charge in [-0.1, -0.05) is 47.1 Å². The summed E-state index contributed by atoms with van der Waals surface area (Å²) in [7, 11) is 4.02. The highest BCUT2D eigenvalue weighted by atomic mass is 33.1. The van der Waals surface area contributed by atoms with Crippen LogP contribution in [0, 0.1) is 11.3 Å². The van der Waals surface area contributed by atoms with Crippen LogP contribution < -0.4 is 31.7 Å². The van der Waals surface area contributed by atoms with Crippen LogP contribution in [0.25, 0.3) is 33.2 Å². The number of methoxy groups -OCH3 is 1. The van der Waals surface area contributed by atoms with Gasteiger partial charge in [0.1, 0.15) is 31.3 Å². The lowest BCUT2D eigenvalue weighted by Crippen LogP contribution is -2.49. The van der Waals surface area contributed by atoms with E-state index in [4.69, 9.17) is 76.8 Å². The third-order valence-corrected chi connectivity index (χ3v) is 18.2. The Balaban J connectivity index is 0.805. The molecule has 5 heterocycles. The molecule has 110 heavy (non-hydrogen) atoms. The van der Waals surface area contributed by atoms with Crippen LogP contribution in [0.1, 0.15) is 67.7 Å². The van der Waals surface area contributed by atoms with Crippen molar-refractivity contribution in [3.63, 3.8) is 0 Å². The van der Waals surface area contributed by atoms with Crippen molar-refractivity contribution < 1.29 is 109 Å². The van der Waals surface area contributed by atoms with Gasteiger partial charge in [0.2, 0.25) is 29.5 Å². The number of hydrogen-bond donors (Lipinski definition) is 5. The highest BCUT2D eigenvalue weighted by Crippen LogP contribution is 2.34. The lowest BCUT2D eigenvalue weighted by Gasteiger charge is -2.23. The fourth-order valence-corrected chi connectivity index (χ4v) is 12.1. The number of carbonyl (C=O) groups excluding carboxylic acids is 6. The number of nitrogens with one attached hydrogen (secondary N) is 4. The van der Waals surface area contributed by atoms with Crippen LogP contribution >= 0.6 is 21.6 Å². The zero-order valence-electron chi connectivity index (χ0n) is 62.6. The minimum Gasteiger partial charge on any atom is -0.480 e. The van der Waals surface area contributed by atoms with E-state index in [2.05, 4.69) is 48.1 Å². The van der Waals surface area contributed by atoms with Crippen LogP contribution in [0.2, 0.25) is 0 Å². The Morgan fingerprint density at radius 2 is 1.16 bits per heavy atom. The maximum atomic E-state index is 14.0. The number of halogens is 2. The smallest absolute Gasteiger partial charge is 0.480 e. The van der Waals surface area contributed by atoms with E-state index >= 15 is 0 Å². The van der Waals surface area contributed by atoms with E-state index in [1.807, 2.05) is 30.3 Å². The number of hydrogen-bond acceptors (Lipinski definition) is 29. The number of ether oxygens (including phenoxy) is 15. The lowest BCUT2D eigenvalue weighted by molar-refractivity contribution is -0.134. The summed E-state index contributed by atoms with van der Waals surface area (Å²) in [6, 6.07) is 13.9. The van der Waals surface area contributed by atoms with Crippen molar-refractivity contribution in [1.82, 2.24) is 46.1 Å². The van der Waals surface area contributed by atoms with Crippen LogP contribution in [-0.2, 0) is 98.6 Å². The summed E-state index contributed by atoms with van der Waals surface area (Å²) in [6.45, 7) is 12.7. The first-order valence-corrected chi connectivity index (χ1v) is 38.8. The molecular weight excluding hydrogens is 1480 g/mol. The Labute approximate surface area is 647 Å². The van der Waals surface area contributed by atoms with Gasteiger partial charge in [0.05, 0.1) is 201 Å². The summed E-state index contributed by atoms with van der Waals surface area (Å²) in [5.74, 6) is -5.76. The molecule has 1 saturated heterocycles. The number of nitrogen functional groups attached to an aromatic ring is 1. The molecule has 4 aromatic heterocycles. The largest absolute Gasteiger partial charge is 0.508 e. The van der Waals surface area contributed by atoms with E-state index < -0.39 is 72.7 Å². The number of pyridine rings is 4. The van der Waals surface area contributed by atoms with Crippen LogP contribution in [0.5, 0.6) is 5.88 Å². The Kier molecular flexibility index (Phi) is 45.0. The van der Waals surface area contributed by atoms with Crippen LogP contribution in [0.4, 0.5) is 19.3 Å². The molecule has 1 aromatic carbocycles. The Morgan fingerprint density at radius 1 is 0.609 bits per heavy atom. The first-order valence-electron chi connectivity index (χ1n) is 36.4. The molecule has 2 unspecified atom stereocenters. The maximum absolute atomic E-state index is 14.0. The molecule has 5 amide bonds. The Hall–Kier alpha value is -8.13. The molecule has 6 rings (SSSR count). The SMILES string of the molecule is CCCCOCCOCCOCCOCCOCCOCCOCCOCCOCCOCCOCCOCCNC(=O)C(CSSCCOC(=O)OCc1ccc(-c2ccnc3ccc(-c4cnc(OC)c(N)c4)cc23)cn1)NC(=O)CCC(=O)NCc1cc(C(=O)NC(C)C(=O)N2CC(F)(F)C[C@H]2C#N)ccn1. The number of nitrogens with zero attached hydrogens (tertiary/aromatic N) is 6. The minimum atomic E-state index is -3.23. The zero-order valence-corrected chi connectivity index (χ0v) is 64.2. The summed E-state index contributed by atoms with van der Waals surface area (Å²) in [5.41, 5.74) is 11.5. The van der Waals surface area contributed by atoms with E-state index in [9.17, 15) is 42.8 Å². The van der Waals surface area contributed by atoms with E-state index in [-0.39, 0.29) is 76.0 Å². The van der Waals surface area contributed by atoms with E-state index in [0.29, 0.717) is 155 Å². The molecule has 36 heteroatoms. The van der Waals surface area contributed by atoms with Gasteiger partial charge in [-0.15, -0.1) is 0 Å². The Bertz CT molecular complexity index is 3560. The summed E-state index contributed by atoms with van der Waals surface area (Å²) in [6.07, 6.45) is 6.27. The summed E-state index contributed by atoms with van der Waals surface area (Å²) in [5, 5.41) is 20.7. The minimum absolute atomic E-state index is 0.0414. The summed E-state index contributed by atoms with van der Waals surface area (Å²) < 4.78 is 110. The first kappa shape index (κ1) is 90.8. The van der Waals surface area contributed by atoms with Crippen molar-refractivity contribution in [3.05, 3.63) is 96.3 Å². The number of unbranched alkanes of at least 4 members (excludes halogenated alkanes) is 1. The molecule has 0 aliphatic carbocycles. The van der Waals surface area contributed by atoms with Gasteiger partial charge in [-0.05, 0) is 66.9 Å². The lowest BCUT2D eigenvalue weighted by atomic mass is 9.98. The number of aromatic nitrogens is 4. The second kappa shape index (κ2) is 54.5. The number of rotatable bonds is 60. The second-order valence-electron chi connectivity index (χ2n) is 24.2. The van der Waals surface area contributed by atoms with Crippen LogP contribution in [0.3, 0.4) is 0 Å². The molecule has 0 radical (unpaired) electrons. The normalized spacial score (nSPS) is 13.7. The monoisotopic (exact) mass is 1580 g/mol. The number of nitrogens with two attached hydrogens (primary N) is 1. The number of carbonyl (C=O) groups is 6. The number of alkyl halides is 2. The fourth-order valence-electron chi connectivity index (χ4n) is 10.1. The van der Waals surface area contributed by atoms with Gasteiger partial charge < -0.3 is 103 Å². The average Bonchev–Trinajstić information content (AvgIpc) is 1.77. The van der Waals surface area contributed by atoms with E-state index in [0.717, 1.165) is 57.5 Å². The molecule has 1 aliphatic rings. The number of nitriles is 1. The predicted octanol–water partition coefficient (Wildman–Crippen LogP) is 5.95. The van der Waals surface area contributed by atoms with Crippen molar-refractivity contribution in [2.45, 2.75) is 83.2 Å². The zero-order chi connectivity index (χ0) is 78.7. The molecule has 606 valence electrons. The van der Waals surface area contributed by atoms with E-state index in [1.165, 1.54) is 54.0 Å². The van der Waals surface area contributed by atoms with Gasteiger partial charge in [0.25, 0.3) is 11.8 Å². The number of fused-ring (bicyclic) bond motifs is 1. The first-order chi connectivity index (χ1) is 53.6. The molecule has 0 spiro atoms. The van der Waals surface area contributed by atoms with Crippen molar-refractivity contribution in [1.29, 1.82) is 5.26 Å². The molecule has 1 fully saturated rings. The van der Waals surface area contributed by atoms with Crippen molar-refractivity contribution >= 4 is 73.9 Å². The molecule has 0 bridgehead atoms.